The molecule has 0 bridgehead atoms. The summed E-state index contributed by atoms with van der Waals surface area (Å²) in [5.74, 6) is -1.31. The van der Waals surface area contributed by atoms with Crippen molar-refractivity contribution in [3.8, 4) is 0 Å². The number of amides is 1. The van der Waals surface area contributed by atoms with Gasteiger partial charge < -0.3 is 9.64 Å². The fourth-order valence-electron chi connectivity index (χ4n) is 2.24. The van der Waals surface area contributed by atoms with Crippen molar-refractivity contribution >= 4 is 11.9 Å². The third-order valence-corrected chi connectivity index (χ3v) is 2.99. The molecule has 20 heavy (non-hydrogen) atoms. The molecule has 2 atom stereocenters. The van der Waals surface area contributed by atoms with E-state index in [-0.39, 0.29) is 18.9 Å². The number of ether oxygens (including phenoxy) is 1. The Labute approximate surface area is 117 Å². The molecule has 0 aliphatic carbocycles. The number of carbonyl (C=O) groups excluding carboxylic acids is 2. The zero-order chi connectivity index (χ0) is 15.5. The van der Waals surface area contributed by atoms with Gasteiger partial charge in [-0.15, -0.1) is 0 Å². The number of nitrogens with zero attached hydrogens (tertiary/aromatic N) is 1. The summed E-state index contributed by atoms with van der Waals surface area (Å²) in [4.78, 5) is 25.3. The van der Waals surface area contributed by atoms with Gasteiger partial charge in [-0.2, -0.15) is 8.78 Å². The molecule has 0 aromatic carbocycles. The highest BCUT2D eigenvalue weighted by Gasteiger charge is 2.38. The molecular weight excluding hydrogens is 268 g/mol. The monoisotopic (exact) mass is 289 g/mol. The van der Waals surface area contributed by atoms with Gasteiger partial charge in [0.1, 0.15) is 11.6 Å². The van der Waals surface area contributed by atoms with E-state index in [1.54, 1.807) is 27.7 Å². The average Bonchev–Trinajstić information content (AvgIpc) is 2.57. The van der Waals surface area contributed by atoms with Crippen LogP contribution in [0.4, 0.5) is 8.78 Å². The normalized spacial score (nSPS) is 20.8. The van der Waals surface area contributed by atoms with Crippen molar-refractivity contribution in [1.82, 2.24) is 4.90 Å². The average molecular weight is 289 g/mol. The molecule has 6 heteroatoms. The van der Waals surface area contributed by atoms with Gasteiger partial charge in [-0.25, -0.2) is 4.79 Å². The lowest BCUT2D eigenvalue weighted by atomic mass is 10.1. The van der Waals surface area contributed by atoms with Crippen LogP contribution < -0.4 is 0 Å². The number of halogens is 2. The van der Waals surface area contributed by atoms with Crippen LogP contribution >= 0.6 is 0 Å². The summed E-state index contributed by atoms with van der Waals surface area (Å²) < 4.78 is 29.8. The molecule has 4 nitrogen and oxygen atoms in total. The van der Waals surface area contributed by atoms with E-state index in [0.29, 0.717) is 6.42 Å². The Balaban J connectivity index is 2.78. The van der Waals surface area contributed by atoms with E-state index < -0.39 is 29.6 Å². The van der Waals surface area contributed by atoms with Crippen molar-refractivity contribution in [2.75, 3.05) is 6.54 Å². The van der Waals surface area contributed by atoms with Crippen LogP contribution in [0, 0.1) is 5.92 Å². The van der Waals surface area contributed by atoms with Crippen molar-refractivity contribution in [3.05, 3.63) is 12.2 Å². The first-order chi connectivity index (χ1) is 9.14. The highest BCUT2D eigenvalue weighted by Crippen LogP contribution is 2.25. The zero-order valence-corrected chi connectivity index (χ0v) is 12.3. The minimum absolute atomic E-state index is 0.0106. The molecule has 1 rings (SSSR count). The van der Waals surface area contributed by atoms with Gasteiger partial charge in [0, 0.05) is 18.9 Å². The van der Waals surface area contributed by atoms with E-state index in [9.17, 15) is 18.4 Å². The number of hydrogen-bond acceptors (Lipinski definition) is 3. The fraction of sp³-hybridized carbons (Fsp3) is 0.714. The third-order valence-electron chi connectivity index (χ3n) is 2.99. The first kappa shape index (κ1) is 16.6. The second kappa shape index (κ2) is 6.33. The number of carbonyl (C=O) groups is 2. The van der Waals surface area contributed by atoms with Crippen molar-refractivity contribution in [3.63, 3.8) is 0 Å². The largest absolute Gasteiger partial charge is 0.458 e. The molecule has 1 heterocycles. The maximum Gasteiger partial charge on any atom is 0.329 e. The zero-order valence-electron chi connectivity index (χ0n) is 12.3. The molecule has 1 amide bonds. The maximum atomic E-state index is 12.2. The van der Waals surface area contributed by atoms with E-state index in [4.69, 9.17) is 4.74 Å². The second-order valence-corrected chi connectivity index (χ2v) is 5.92. The van der Waals surface area contributed by atoms with Crippen LogP contribution in [0.25, 0.3) is 0 Å². The minimum Gasteiger partial charge on any atom is -0.458 e. The lowest BCUT2D eigenvalue weighted by molar-refractivity contribution is -0.163. The molecule has 0 spiro atoms. The molecule has 0 aromatic heterocycles. The van der Waals surface area contributed by atoms with Crippen LogP contribution in [0.1, 0.15) is 40.5 Å². The van der Waals surface area contributed by atoms with E-state index in [1.165, 1.54) is 4.90 Å². The van der Waals surface area contributed by atoms with Gasteiger partial charge >= 0.3 is 5.97 Å². The van der Waals surface area contributed by atoms with Gasteiger partial charge in [0.05, 0.1) is 0 Å². The van der Waals surface area contributed by atoms with Gasteiger partial charge in [0.2, 0.25) is 5.91 Å². The molecule has 0 aromatic rings. The lowest BCUT2D eigenvalue weighted by Gasteiger charge is -2.29. The second-order valence-electron chi connectivity index (χ2n) is 5.92. The van der Waals surface area contributed by atoms with Crippen LogP contribution in [-0.2, 0) is 14.3 Å². The van der Waals surface area contributed by atoms with Gasteiger partial charge in [-0.3, -0.25) is 4.79 Å². The molecule has 1 aliphatic rings. The van der Waals surface area contributed by atoms with Gasteiger partial charge in [0.15, 0.2) is 0 Å². The highest BCUT2D eigenvalue weighted by molar-refractivity contribution is 5.86. The summed E-state index contributed by atoms with van der Waals surface area (Å²) in [6.07, 6.45) is -0.610. The van der Waals surface area contributed by atoms with Crippen LogP contribution in [0.15, 0.2) is 12.2 Å². The third kappa shape index (κ3) is 4.58. The maximum absolute atomic E-state index is 12.2. The van der Waals surface area contributed by atoms with Gasteiger partial charge in [0.25, 0.3) is 6.08 Å². The van der Waals surface area contributed by atoms with Crippen molar-refractivity contribution in [2.24, 2.45) is 5.92 Å². The molecule has 0 radical (unpaired) electrons. The molecule has 1 fully saturated rings. The number of likely N-dealkylation sites (tertiary alicyclic amines) is 1. The summed E-state index contributed by atoms with van der Waals surface area (Å²) in [6.45, 7) is 7.13. The number of hydrogen-bond donors (Lipinski definition) is 0. The summed E-state index contributed by atoms with van der Waals surface area (Å²) in [6, 6.07) is -0.706. The van der Waals surface area contributed by atoms with E-state index in [0.717, 1.165) is 6.08 Å². The first-order valence-electron chi connectivity index (χ1n) is 6.69. The number of esters is 1. The molecule has 0 saturated carbocycles. The first-order valence-corrected chi connectivity index (χ1v) is 6.69. The molecule has 1 aliphatic heterocycles. The smallest absolute Gasteiger partial charge is 0.329 e. The quantitative estimate of drug-likeness (QED) is 0.748. The molecule has 1 unspecified atom stereocenters. The fourth-order valence-corrected chi connectivity index (χ4v) is 2.24. The van der Waals surface area contributed by atoms with Crippen molar-refractivity contribution in [2.45, 2.75) is 52.2 Å². The Bertz CT molecular complexity index is 411. The summed E-state index contributed by atoms with van der Waals surface area (Å²) in [5.41, 5.74) is -0.641. The molecular formula is C14H21F2NO3. The predicted molar refractivity (Wildman–Crippen MR) is 70.0 cm³/mol. The highest BCUT2D eigenvalue weighted by atomic mass is 19.3. The summed E-state index contributed by atoms with van der Waals surface area (Å²) in [7, 11) is 0. The standard InChI is InChI=1S/C14H21F2NO3/c1-5-10(13(19)20-14(2,3)4)17-8-9(6-11(15)16)7-12(17)18/h6,9-10H,5,7-8H2,1-4H3/t9?,10-/m0/s1. The predicted octanol–water partition coefficient (Wildman–Crippen LogP) is 2.74. The topological polar surface area (TPSA) is 46.6 Å². The number of rotatable bonds is 4. The van der Waals surface area contributed by atoms with Gasteiger partial charge in [-0.05, 0) is 33.3 Å². The Morgan fingerprint density at radius 2 is 2.10 bits per heavy atom. The van der Waals surface area contributed by atoms with Crippen LogP contribution in [0.5, 0.6) is 0 Å². The van der Waals surface area contributed by atoms with Crippen LogP contribution in [0.2, 0.25) is 0 Å². The van der Waals surface area contributed by atoms with Gasteiger partial charge in [-0.1, -0.05) is 6.92 Å². The van der Waals surface area contributed by atoms with Crippen molar-refractivity contribution < 1.29 is 23.1 Å². The summed E-state index contributed by atoms with van der Waals surface area (Å²) in [5, 5.41) is 0. The SMILES string of the molecule is CC[C@@H](C(=O)OC(C)(C)C)N1CC(C=C(F)F)CC1=O. The van der Waals surface area contributed by atoms with Crippen LogP contribution in [0.3, 0.4) is 0 Å². The van der Waals surface area contributed by atoms with E-state index in [1.807, 2.05) is 0 Å². The molecule has 1 saturated heterocycles. The molecule has 0 N–H and O–H groups in total. The summed E-state index contributed by atoms with van der Waals surface area (Å²) >= 11 is 0. The van der Waals surface area contributed by atoms with Crippen molar-refractivity contribution in [1.29, 1.82) is 0 Å². The Kier molecular flexibility index (Phi) is 5.25. The lowest BCUT2D eigenvalue weighted by Crippen LogP contribution is -2.44. The molecule has 114 valence electrons. The van der Waals surface area contributed by atoms with E-state index in [2.05, 4.69) is 0 Å². The van der Waals surface area contributed by atoms with Crippen LogP contribution in [-0.4, -0.2) is 35.0 Å². The Morgan fingerprint density at radius 3 is 2.55 bits per heavy atom. The Hall–Kier alpha value is -1.46. The van der Waals surface area contributed by atoms with E-state index >= 15 is 0 Å². The minimum atomic E-state index is -1.80. The Morgan fingerprint density at radius 1 is 1.50 bits per heavy atom.